The SMILES string of the molecule is CC/C=C\C/C=C\C/C=C\C/C=C\C/C=C\C/C=C\CCCCCCCCCCCCCCCCCCCCCCC(=O)NC(COC1OC(CO)C(OC2OC(CO)C(O)C(O)C2O)C(O)C1O)C(O)/C=C/CC/C=C/CCCCCCCCCCCCCCCCCCCCCCCCCCCC. The van der Waals surface area contributed by atoms with Gasteiger partial charge in [-0.1, -0.05) is 387 Å². The Morgan fingerprint density at radius 2 is 0.667 bits per heavy atom. The molecule has 9 N–H and O–H groups in total. The van der Waals surface area contributed by atoms with E-state index in [4.69, 9.17) is 18.9 Å². The highest BCUT2D eigenvalue weighted by Gasteiger charge is 2.51. The average Bonchev–Trinajstić information content (AvgIpc) is 0.789. The number of aliphatic hydroxyl groups is 8. The zero-order valence-electron chi connectivity index (χ0n) is 67.2. The molecule has 0 aromatic carbocycles. The van der Waals surface area contributed by atoms with E-state index in [1.165, 1.54) is 276 Å². The molecule has 12 atom stereocenters. The van der Waals surface area contributed by atoms with Crippen molar-refractivity contribution in [3.8, 4) is 0 Å². The van der Waals surface area contributed by atoms with Gasteiger partial charge < -0.3 is 65.1 Å². The van der Waals surface area contributed by atoms with E-state index in [1.54, 1.807) is 6.08 Å². The van der Waals surface area contributed by atoms with Crippen LogP contribution in [-0.4, -0.2) is 140 Å². The third-order valence-electron chi connectivity index (χ3n) is 21.0. The van der Waals surface area contributed by atoms with Crippen molar-refractivity contribution in [2.75, 3.05) is 19.8 Å². The maximum atomic E-state index is 13.4. The minimum absolute atomic E-state index is 0.244. The number of hydrogen-bond donors (Lipinski definition) is 9. The number of rotatable bonds is 74. The summed E-state index contributed by atoms with van der Waals surface area (Å²) in [5.41, 5.74) is 0. The Morgan fingerprint density at radius 1 is 0.352 bits per heavy atom. The number of carbonyl (C=O) groups is 1. The number of carbonyl (C=O) groups excluding carboxylic acids is 1. The zero-order valence-corrected chi connectivity index (χ0v) is 67.2. The van der Waals surface area contributed by atoms with Crippen LogP contribution in [0.5, 0.6) is 0 Å². The van der Waals surface area contributed by atoms with Crippen LogP contribution in [0.3, 0.4) is 0 Å². The van der Waals surface area contributed by atoms with E-state index >= 15 is 0 Å². The van der Waals surface area contributed by atoms with E-state index in [0.29, 0.717) is 12.8 Å². The molecule has 2 aliphatic rings. The lowest BCUT2D eigenvalue weighted by atomic mass is 9.97. The molecule has 2 aliphatic heterocycles. The zero-order chi connectivity index (χ0) is 75.8. The molecular formula is C91H163NO13. The van der Waals surface area contributed by atoms with Crippen LogP contribution in [0.4, 0.5) is 0 Å². The van der Waals surface area contributed by atoms with Gasteiger partial charge in [0.25, 0.3) is 0 Å². The Hall–Kier alpha value is -3.09. The lowest BCUT2D eigenvalue weighted by molar-refractivity contribution is -0.359. The molecule has 12 unspecified atom stereocenters. The minimum Gasteiger partial charge on any atom is -0.394 e. The van der Waals surface area contributed by atoms with Crippen molar-refractivity contribution in [1.82, 2.24) is 5.32 Å². The second-order valence-corrected chi connectivity index (χ2v) is 30.6. The van der Waals surface area contributed by atoms with Gasteiger partial charge in [0.05, 0.1) is 32.0 Å². The summed E-state index contributed by atoms with van der Waals surface area (Å²) in [6, 6.07) is -0.937. The molecule has 14 heteroatoms. The molecule has 105 heavy (non-hydrogen) atoms. The second kappa shape index (κ2) is 73.7. The summed E-state index contributed by atoms with van der Waals surface area (Å²) in [6.07, 6.45) is 89.5. The van der Waals surface area contributed by atoms with Crippen LogP contribution < -0.4 is 5.32 Å². The predicted molar refractivity (Wildman–Crippen MR) is 438 cm³/mol. The van der Waals surface area contributed by atoms with Crippen LogP contribution in [-0.2, 0) is 23.7 Å². The third kappa shape index (κ3) is 55.9. The van der Waals surface area contributed by atoms with E-state index in [2.05, 4.69) is 104 Å². The molecular weight excluding hydrogens is 1310 g/mol. The highest BCUT2D eigenvalue weighted by Crippen LogP contribution is 2.30. The molecule has 2 rings (SSSR count). The van der Waals surface area contributed by atoms with Gasteiger partial charge in [-0.3, -0.25) is 4.79 Å². The molecule has 0 aromatic heterocycles. The van der Waals surface area contributed by atoms with Crippen LogP contribution in [0.15, 0.2) is 97.2 Å². The van der Waals surface area contributed by atoms with Crippen LogP contribution in [0.1, 0.15) is 380 Å². The summed E-state index contributed by atoms with van der Waals surface area (Å²) in [5, 5.41) is 87.8. The smallest absolute Gasteiger partial charge is 0.220 e. The van der Waals surface area contributed by atoms with Crippen molar-refractivity contribution in [1.29, 1.82) is 0 Å². The van der Waals surface area contributed by atoms with E-state index in [1.807, 2.05) is 6.08 Å². The lowest BCUT2D eigenvalue weighted by Gasteiger charge is -2.46. The molecule has 0 radical (unpaired) electrons. The summed E-state index contributed by atoms with van der Waals surface area (Å²) >= 11 is 0. The van der Waals surface area contributed by atoms with Crippen LogP contribution in [0, 0.1) is 0 Å². The van der Waals surface area contributed by atoms with Crippen molar-refractivity contribution >= 4 is 5.91 Å². The first-order chi connectivity index (χ1) is 51.6. The van der Waals surface area contributed by atoms with Gasteiger partial charge in [-0.15, -0.1) is 0 Å². The molecule has 2 saturated heterocycles. The maximum Gasteiger partial charge on any atom is 0.220 e. The quantitative estimate of drug-likeness (QED) is 0.0204. The van der Waals surface area contributed by atoms with Gasteiger partial charge in [-0.2, -0.15) is 0 Å². The second-order valence-electron chi connectivity index (χ2n) is 30.6. The van der Waals surface area contributed by atoms with E-state index in [9.17, 15) is 45.6 Å². The fourth-order valence-corrected chi connectivity index (χ4v) is 14.1. The summed E-state index contributed by atoms with van der Waals surface area (Å²) in [6.45, 7) is 2.72. The van der Waals surface area contributed by atoms with Gasteiger partial charge in [0.15, 0.2) is 12.6 Å². The Bertz CT molecular complexity index is 2140. The lowest BCUT2D eigenvalue weighted by Crippen LogP contribution is -2.65. The number of allylic oxidation sites excluding steroid dienone is 15. The van der Waals surface area contributed by atoms with Crippen molar-refractivity contribution in [2.45, 2.75) is 453 Å². The Morgan fingerprint density at radius 3 is 1.05 bits per heavy atom. The van der Waals surface area contributed by atoms with Gasteiger partial charge in [0.1, 0.15) is 48.8 Å². The summed E-state index contributed by atoms with van der Waals surface area (Å²) in [5.74, 6) is -0.244. The van der Waals surface area contributed by atoms with Crippen molar-refractivity contribution in [2.24, 2.45) is 0 Å². The van der Waals surface area contributed by atoms with Crippen LogP contribution >= 0.6 is 0 Å². The van der Waals surface area contributed by atoms with Crippen molar-refractivity contribution in [3.05, 3.63) is 97.2 Å². The molecule has 2 heterocycles. The van der Waals surface area contributed by atoms with Gasteiger partial charge in [0.2, 0.25) is 5.91 Å². The van der Waals surface area contributed by atoms with Gasteiger partial charge >= 0.3 is 0 Å². The van der Waals surface area contributed by atoms with Gasteiger partial charge in [0, 0.05) is 6.42 Å². The normalized spacial score (nSPS) is 21.8. The fourth-order valence-electron chi connectivity index (χ4n) is 14.1. The summed E-state index contributed by atoms with van der Waals surface area (Å²) in [4.78, 5) is 13.4. The van der Waals surface area contributed by atoms with E-state index in [0.717, 1.165) is 70.6 Å². The highest BCUT2D eigenvalue weighted by molar-refractivity contribution is 5.76. The number of amides is 1. The van der Waals surface area contributed by atoms with Crippen molar-refractivity contribution in [3.63, 3.8) is 0 Å². The molecule has 0 spiro atoms. The Labute approximate surface area is 643 Å². The topological polar surface area (TPSA) is 228 Å². The standard InChI is InChI=1S/C91H163NO13/c1-3-5-7-9-11-13-15-17-19-21-23-25-27-29-31-33-35-37-38-39-40-41-42-43-45-47-49-51-53-55-57-59-61-63-65-67-69-71-73-75-83(96)92-79(78-102-90-88(101)86(99)89(82(77-94)104-90)105-91-87(100)85(98)84(97)81(76-93)103-91)80(95)74-72-70-68-66-64-62-60-58-56-54-52-50-48-46-44-36-34-32-30-28-26-24-22-20-18-16-14-12-10-8-6-4-2/h5,7,11,13,17,19,23,25,29,31,35,37,64,66,72,74,79-82,84-91,93-95,97-101H,3-4,6,8-10,12,14-16,18,20-22,24,26-28,30,32-34,36,38-63,65,67-71,73,75-78H2,1-2H3,(H,92,96)/b7-5-,13-11-,19-17-,25-23-,31-29-,37-35-,66-64+,74-72+. The first kappa shape index (κ1) is 98.0. The third-order valence-corrected chi connectivity index (χ3v) is 21.0. The van der Waals surface area contributed by atoms with Crippen LogP contribution in [0.25, 0.3) is 0 Å². The molecule has 0 saturated carbocycles. The Kier molecular flexibility index (Phi) is 68.8. The number of hydrogen-bond acceptors (Lipinski definition) is 13. The van der Waals surface area contributed by atoms with Gasteiger partial charge in [-0.05, 0) is 83.5 Å². The summed E-state index contributed by atoms with van der Waals surface area (Å²) in [7, 11) is 0. The minimum atomic E-state index is -1.79. The van der Waals surface area contributed by atoms with E-state index in [-0.39, 0.29) is 18.9 Å². The molecule has 14 nitrogen and oxygen atoms in total. The molecule has 0 aliphatic carbocycles. The fraction of sp³-hybridized carbons (Fsp3) is 0.813. The van der Waals surface area contributed by atoms with Crippen molar-refractivity contribution < 1.29 is 64.6 Å². The highest BCUT2D eigenvalue weighted by atomic mass is 16.7. The molecule has 0 aromatic rings. The number of unbranched alkanes of at least 4 members (excludes halogenated alkanes) is 47. The maximum absolute atomic E-state index is 13.4. The van der Waals surface area contributed by atoms with Gasteiger partial charge in [-0.25, -0.2) is 0 Å². The predicted octanol–water partition coefficient (Wildman–Crippen LogP) is 21.2. The number of ether oxygens (including phenoxy) is 4. The first-order valence-electron chi connectivity index (χ1n) is 44.0. The average molecular weight is 1480 g/mol. The molecule has 0 bridgehead atoms. The van der Waals surface area contributed by atoms with E-state index < -0.39 is 86.8 Å². The first-order valence-corrected chi connectivity index (χ1v) is 44.0. The summed E-state index contributed by atoms with van der Waals surface area (Å²) < 4.78 is 22.9. The number of aliphatic hydroxyl groups excluding tert-OH is 8. The monoisotopic (exact) mass is 1480 g/mol. The Balaban J connectivity index is 1.58. The molecule has 1 amide bonds. The van der Waals surface area contributed by atoms with Crippen LogP contribution in [0.2, 0.25) is 0 Å². The largest absolute Gasteiger partial charge is 0.394 e. The molecule has 2 fully saturated rings. The number of nitrogens with one attached hydrogen (secondary N) is 1. The molecule has 610 valence electrons.